The van der Waals surface area contributed by atoms with E-state index in [2.05, 4.69) is 10.6 Å². The van der Waals surface area contributed by atoms with Crippen LogP contribution in [0.5, 0.6) is 5.75 Å². The Morgan fingerprint density at radius 1 is 0.900 bits per heavy atom. The molecule has 0 atom stereocenters. The lowest BCUT2D eigenvalue weighted by atomic mass is 10.1. The molecule has 0 aliphatic rings. The largest absolute Gasteiger partial charge is 0.482 e. The van der Waals surface area contributed by atoms with Crippen molar-refractivity contribution in [2.24, 2.45) is 0 Å². The second kappa shape index (κ2) is 9.65. The van der Waals surface area contributed by atoms with Gasteiger partial charge in [0.15, 0.2) is 6.61 Å². The molecule has 3 aromatic rings. The fourth-order valence-corrected chi connectivity index (χ4v) is 3.52. The van der Waals surface area contributed by atoms with Crippen LogP contribution >= 0.6 is 23.2 Å². The summed E-state index contributed by atoms with van der Waals surface area (Å²) >= 11 is 12.1. The average Bonchev–Trinajstić information content (AvgIpc) is 2.70. The molecule has 2 N–H and O–H groups in total. The summed E-state index contributed by atoms with van der Waals surface area (Å²) in [6.45, 7) is 3.45. The van der Waals surface area contributed by atoms with Crippen LogP contribution < -0.4 is 15.4 Å². The molecule has 0 heterocycles. The third-order valence-electron chi connectivity index (χ3n) is 4.34. The number of nitrogens with one attached hydrogen (secondary N) is 2. The Hall–Kier alpha value is -3.02. The normalized spacial score (nSPS) is 10.4. The maximum absolute atomic E-state index is 12.3. The van der Waals surface area contributed by atoms with E-state index in [-0.39, 0.29) is 18.4 Å². The topological polar surface area (TPSA) is 67.4 Å². The summed E-state index contributed by atoms with van der Waals surface area (Å²) < 4.78 is 5.55. The first-order valence-electron chi connectivity index (χ1n) is 9.19. The number of aryl methyl sites for hydroxylation is 2. The summed E-state index contributed by atoms with van der Waals surface area (Å²) in [5.41, 5.74) is 3.39. The molecule has 3 aromatic carbocycles. The fraction of sp³-hybridized carbons (Fsp3) is 0.130. The summed E-state index contributed by atoms with van der Waals surface area (Å²) in [7, 11) is 0. The molecule has 0 radical (unpaired) electrons. The van der Waals surface area contributed by atoms with E-state index in [4.69, 9.17) is 27.9 Å². The van der Waals surface area contributed by atoms with Crippen molar-refractivity contribution >= 4 is 46.4 Å². The van der Waals surface area contributed by atoms with E-state index in [1.165, 1.54) is 0 Å². The van der Waals surface area contributed by atoms with Crippen LogP contribution in [0.15, 0.2) is 60.7 Å². The maximum Gasteiger partial charge on any atom is 0.262 e. The minimum atomic E-state index is -0.333. The fourth-order valence-electron chi connectivity index (χ4n) is 2.87. The first kappa shape index (κ1) is 21.7. The molecule has 30 heavy (non-hydrogen) atoms. The quantitative estimate of drug-likeness (QED) is 0.500. The lowest BCUT2D eigenvalue weighted by Gasteiger charge is -2.13. The number of carbonyl (C=O) groups is 2. The maximum atomic E-state index is 12.3. The molecular formula is C23H20Cl2N2O3. The number of hydrogen-bond acceptors (Lipinski definition) is 3. The summed E-state index contributed by atoms with van der Waals surface area (Å²) in [5.74, 6) is -0.105. The number of anilines is 2. The molecule has 2 amide bonds. The molecule has 0 saturated carbocycles. The van der Waals surface area contributed by atoms with E-state index in [1.807, 2.05) is 13.0 Å². The molecule has 3 rings (SSSR count). The number of hydrogen-bond donors (Lipinski definition) is 2. The third kappa shape index (κ3) is 5.53. The van der Waals surface area contributed by atoms with E-state index < -0.39 is 0 Å². The summed E-state index contributed by atoms with van der Waals surface area (Å²) in [4.78, 5) is 24.6. The van der Waals surface area contributed by atoms with E-state index in [0.717, 1.165) is 11.1 Å². The van der Waals surface area contributed by atoms with E-state index in [0.29, 0.717) is 32.7 Å². The number of amides is 2. The van der Waals surface area contributed by atoms with Crippen molar-refractivity contribution in [1.82, 2.24) is 0 Å². The molecule has 0 bridgehead atoms. The highest BCUT2D eigenvalue weighted by Crippen LogP contribution is 2.31. The zero-order chi connectivity index (χ0) is 21.7. The van der Waals surface area contributed by atoms with Gasteiger partial charge in [0, 0.05) is 22.0 Å². The molecule has 0 aliphatic heterocycles. The lowest BCUT2D eigenvalue weighted by Crippen LogP contribution is -2.20. The molecule has 0 saturated heterocycles. The van der Waals surface area contributed by atoms with Crippen LogP contribution in [0.3, 0.4) is 0 Å². The average molecular weight is 443 g/mol. The van der Waals surface area contributed by atoms with Crippen molar-refractivity contribution in [1.29, 1.82) is 0 Å². The van der Waals surface area contributed by atoms with Gasteiger partial charge in [-0.1, -0.05) is 41.4 Å². The van der Waals surface area contributed by atoms with Gasteiger partial charge in [-0.15, -0.1) is 0 Å². The van der Waals surface area contributed by atoms with Gasteiger partial charge in [0.05, 0.1) is 5.02 Å². The standard InChI is InChI=1S/C23H20Cl2N2O3/c1-14-11-18(8-9-20(14)27-23(29)16-6-4-3-5-7-16)26-21(28)13-30-22-15(2)10-17(24)12-19(22)25/h3-12H,13H2,1-2H3,(H,26,28)(H,27,29). The van der Waals surface area contributed by atoms with Gasteiger partial charge in [-0.2, -0.15) is 0 Å². The van der Waals surface area contributed by atoms with Crippen LogP contribution in [0, 0.1) is 13.8 Å². The Morgan fingerprint density at radius 2 is 1.63 bits per heavy atom. The molecular weight excluding hydrogens is 423 g/mol. The number of rotatable bonds is 6. The number of carbonyl (C=O) groups excluding carboxylic acids is 2. The highest BCUT2D eigenvalue weighted by atomic mass is 35.5. The summed E-state index contributed by atoms with van der Waals surface area (Å²) in [6.07, 6.45) is 0. The Bertz CT molecular complexity index is 1060. The highest BCUT2D eigenvalue weighted by molar-refractivity contribution is 6.35. The second-order valence-corrected chi connectivity index (χ2v) is 7.56. The molecule has 0 aromatic heterocycles. The van der Waals surface area contributed by atoms with Gasteiger partial charge in [0.1, 0.15) is 5.75 Å². The molecule has 0 unspecified atom stereocenters. The van der Waals surface area contributed by atoms with Crippen LogP contribution in [-0.2, 0) is 4.79 Å². The Kier molecular flexibility index (Phi) is 6.98. The lowest BCUT2D eigenvalue weighted by molar-refractivity contribution is -0.118. The minimum Gasteiger partial charge on any atom is -0.482 e. The first-order chi connectivity index (χ1) is 14.3. The van der Waals surface area contributed by atoms with Crippen LogP contribution in [0.4, 0.5) is 11.4 Å². The van der Waals surface area contributed by atoms with Crippen molar-refractivity contribution in [2.75, 3.05) is 17.2 Å². The summed E-state index contributed by atoms with van der Waals surface area (Å²) in [6, 6.07) is 17.5. The third-order valence-corrected chi connectivity index (χ3v) is 4.83. The first-order valence-corrected chi connectivity index (χ1v) is 9.94. The van der Waals surface area contributed by atoms with Crippen LogP contribution in [0.1, 0.15) is 21.5 Å². The molecule has 7 heteroatoms. The second-order valence-electron chi connectivity index (χ2n) is 6.72. The molecule has 0 fully saturated rings. The van der Waals surface area contributed by atoms with Gasteiger partial charge in [-0.05, 0) is 67.4 Å². The van der Waals surface area contributed by atoms with Crippen molar-refractivity contribution in [3.05, 3.63) is 87.4 Å². The van der Waals surface area contributed by atoms with Crippen LogP contribution in [0.25, 0.3) is 0 Å². The molecule has 5 nitrogen and oxygen atoms in total. The minimum absolute atomic E-state index is 0.195. The molecule has 154 valence electrons. The number of benzene rings is 3. The Morgan fingerprint density at radius 3 is 2.30 bits per heavy atom. The SMILES string of the molecule is Cc1cc(NC(=O)COc2c(C)cc(Cl)cc2Cl)ccc1NC(=O)c1ccccc1. The number of ether oxygens (including phenoxy) is 1. The molecule has 0 aliphatic carbocycles. The van der Waals surface area contributed by atoms with Crippen molar-refractivity contribution in [2.45, 2.75) is 13.8 Å². The van der Waals surface area contributed by atoms with Gasteiger partial charge < -0.3 is 15.4 Å². The molecule has 0 spiro atoms. The van der Waals surface area contributed by atoms with Crippen LogP contribution in [-0.4, -0.2) is 18.4 Å². The Labute approximate surface area is 185 Å². The van der Waals surface area contributed by atoms with Crippen molar-refractivity contribution < 1.29 is 14.3 Å². The van der Waals surface area contributed by atoms with Gasteiger partial charge >= 0.3 is 0 Å². The predicted molar refractivity (Wildman–Crippen MR) is 121 cm³/mol. The van der Waals surface area contributed by atoms with Gasteiger partial charge in [-0.25, -0.2) is 0 Å². The monoisotopic (exact) mass is 442 g/mol. The zero-order valence-corrected chi connectivity index (χ0v) is 18.0. The van der Waals surface area contributed by atoms with Crippen LogP contribution in [0.2, 0.25) is 10.0 Å². The predicted octanol–water partition coefficient (Wildman–Crippen LogP) is 5.88. The van der Waals surface area contributed by atoms with Gasteiger partial charge in [-0.3, -0.25) is 9.59 Å². The van der Waals surface area contributed by atoms with Gasteiger partial charge in [0.25, 0.3) is 11.8 Å². The smallest absolute Gasteiger partial charge is 0.262 e. The Balaban J connectivity index is 1.60. The van der Waals surface area contributed by atoms with Gasteiger partial charge in [0.2, 0.25) is 0 Å². The zero-order valence-electron chi connectivity index (χ0n) is 16.5. The van der Waals surface area contributed by atoms with E-state index >= 15 is 0 Å². The van der Waals surface area contributed by atoms with E-state index in [9.17, 15) is 9.59 Å². The van der Waals surface area contributed by atoms with E-state index in [1.54, 1.807) is 61.5 Å². The van der Waals surface area contributed by atoms with Crippen molar-refractivity contribution in [3.63, 3.8) is 0 Å². The number of halogens is 2. The highest BCUT2D eigenvalue weighted by Gasteiger charge is 2.12. The summed E-state index contributed by atoms with van der Waals surface area (Å²) in [5, 5.41) is 6.49. The van der Waals surface area contributed by atoms with Crippen molar-refractivity contribution in [3.8, 4) is 5.75 Å².